The summed E-state index contributed by atoms with van der Waals surface area (Å²) in [6, 6.07) is 18.7. The summed E-state index contributed by atoms with van der Waals surface area (Å²) in [5.74, 6) is -2.29. The number of benzene rings is 3. The third-order valence-electron chi connectivity index (χ3n) is 5.40. The molecule has 0 aromatic heterocycles. The van der Waals surface area contributed by atoms with Gasteiger partial charge in [-0.05, 0) is 35.7 Å². The number of amides is 3. The molecule has 0 bridgehead atoms. The third-order valence-corrected chi connectivity index (χ3v) is 5.40. The molecule has 1 N–H and O–H groups in total. The molecule has 1 aliphatic heterocycles. The summed E-state index contributed by atoms with van der Waals surface area (Å²) in [4.78, 5) is 26.5. The van der Waals surface area contributed by atoms with Gasteiger partial charge >= 0.3 is 6.03 Å². The molecule has 31 heavy (non-hydrogen) atoms. The number of halogens is 2. The van der Waals surface area contributed by atoms with Crippen LogP contribution in [0.5, 0.6) is 0 Å². The molecule has 1 aliphatic rings. The average molecular weight is 417 g/mol. The predicted molar refractivity (Wildman–Crippen MR) is 109 cm³/mol. The van der Waals surface area contributed by atoms with Gasteiger partial charge in [0.25, 0.3) is 5.91 Å². The zero-order chi connectivity index (χ0) is 22.2. The van der Waals surface area contributed by atoms with E-state index in [4.69, 9.17) is 0 Å². The van der Waals surface area contributed by atoms with Gasteiger partial charge in [0.05, 0.1) is 18.2 Å². The first-order chi connectivity index (χ1) is 14.8. The molecule has 0 aliphatic carbocycles. The van der Waals surface area contributed by atoms with Gasteiger partial charge in [-0.3, -0.25) is 9.69 Å². The van der Waals surface area contributed by atoms with Gasteiger partial charge in [0, 0.05) is 11.6 Å². The van der Waals surface area contributed by atoms with Crippen LogP contribution >= 0.6 is 0 Å². The van der Waals surface area contributed by atoms with Gasteiger partial charge in [-0.2, -0.15) is 5.26 Å². The molecule has 154 valence electrons. The Labute approximate surface area is 177 Å². The van der Waals surface area contributed by atoms with Gasteiger partial charge in [0.15, 0.2) is 0 Å². The Morgan fingerprint density at radius 1 is 1.03 bits per heavy atom. The van der Waals surface area contributed by atoms with Crippen LogP contribution in [0.25, 0.3) is 11.1 Å². The Morgan fingerprint density at radius 3 is 2.42 bits per heavy atom. The number of urea groups is 1. The van der Waals surface area contributed by atoms with Crippen LogP contribution in [0.2, 0.25) is 0 Å². The standard InChI is InChI=1S/C24H17F2N3O2/c1-24(20-11-10-18(25)12-21(20)26)22(30)29(23(31)28-24)14-15-6-8-16(9-7-15)19-5-3-2-4-17(19)13-27/h2-12H,14H2,1H3,(H,28,31). The van der Waals surface area contributed by atoms with Crippen LogP contribution in [-0.4, -0.2) is 16.8 Å². The van der Waals surface area contributed by atoms with Crippen molar-refractivity contribution in [3.63, 3.8) is 0 Å². The van der Waals surface area contributed by atoms with E-state index < -0.39 is 29.1 Å². The SMILES string of the molecule is CC1(c2ccc(F)cc2F)NC(=O)N(Cc2ccc(-c3ccccc3C#N)cc2)C1=O. The van der Waals surface area contributed by atoms with Crippen molar-refractivity contribution in [2.24, 2.45) is 0 Å². The number of rotatable bonds is 4. The molecule has 1 saturated heterocycles. The van der Waals surface area contributed by atoms with E-state index in [1.807, 2.05) is 24.3 Å². The van der Waals surface area contributed by atoms with E-state index >= 15 is 0 Å². The van der Waals surface area contributed by atoms with E-state index in [2.05, 4.69) is 11.4 Å². The highest BCUT2D eigenvalue weighted by atomic mass is 19.1. The fourth-order valence-electron chi connectivity index (χ4n) is 3.72. The molecule has 1 fully saturated rings. The summed E-state index contributed by atoms with van der Waals surface area (Å²) in [6.45, 7) is 1.38. The van der Waals surface area contributed by atoms with Crippen molar-refractivity contribution < 1.29 is 18.4 Å². The normalized spacial score (nSPS) is 18.1. The second-order valence-corrected chi connectivity index (χ2v) is 7.42. The van der Waals surface area contributed by atoms with Gasteiger partial charge in [0.1, 0.15) is 17.2 Å². The maximum Gasteiger partial charge on any atom is 0.325 e. The first-order valence-electron chi connectivity index (χ1n) is 9.51. The lowest BCUT2D eigenvalue weighted by atomic mass is 9.91. The van der Waals surface area contributed by atoms with Crippen molar-refractivity contribution in [1.82, 2.24) is 10.2 Å². The Bertz CT molecular complexity index is 1230. The monoisotopic (exact) mass is 417 g/mol. The zero-order valence-corrected chi connectivity index (χ0v) is 16.5. The number of hydrogen-bond donors (Lipinski definition) is 1. The molecule has 1 unspecified atom stereocenters. The topological polar surface area (TPSA) is 73.2 Å². The van der Waals surface area contributed by atoms with Gasteiger partial charge in [0.2, 0.25) is 0 Å². The van der Waals surface area contributed by atoms with Gasteiger partial charge < -0.3 is 5.32 Å². The number of hydrogen-bond acceptors (Lipinski definition) is 3. The molecule has 4 rings (SSSR count). The van der Waals surface area contributed by atoms with Crippen molar-refractivity contribution in [3.8, 4) is 17.2 Å². The van der Waals surface area contributed by atoms with Crippen molar-refractivity contribution in [2.45, 2.75) is 19.0 Å². The van der Waals surface area contributed by atoms with Crippen LogP contribution in [0, 0.1) is 23.0 Å². The van der Waals surface area contributed by atoms with Crippen LogP contribution in [0.4, 0.5) is 13.6 Å². The fourth-order valence-corrected chi connectivity index (χ4v) is 3.72. The van der Waals surface area contributed by atoms with E-state index in [1.165, 1.54) is 6.92 Å². The molecular weight excluding hydrogens is 400 g/mol. The highest BCUT2D eigenvalue weighted by molar-refractivity contribution is 6.07. The van der Waals surface area contributed by atoms with E-state index in [9.17, 15) is 23.6 Å². The number of nitrogens with zero attached hydrogens (tertiary/aromatic N) is 2. The van der Waals surface area contributed by atoms with Gasteiger partial charge in [-0.25, -0.2) is 13.6 Å². The Morgan fingerprint density at radius 2 is 1.74 bits per heavy atom. The van der Waals surface area contributed by atoms with Gasteiger partial charge in [-0.15, -0.1) is 0 Å². The van der Waals surface area contributed by atoms with Crippen LogP contribution in [0.1, 0.15) is 23.6 Å². The smallest absolute Gasteiger partial charge is 0.319 e. The number of nitrogens with one attached hydrogen (secondary N) is 1. The lowest BCUT2D eigenvalue weighted by Gasteiger charge is -2.22. The number of carbonyl (C=O) groups is 2. The summed E-state index contributed by atoms with van der Waals surface area (Å²) >= 11 is 0. The second-order valence-electron chi connectivity index (χ2n) is 7.42. The molecule has 5 nitrogen and oxygen atoms in total. The summed E-state index contributed by atoms with van der Waals surface area (Å²) in [5.41, 5.74) is 1.12. The van der Waals surface area contributed by atoms with E-state index in [-0.39, 0.29) is 12.1 Å². The molecule has 7 heteroatoms. The lowest BCUT2D eigenvalue weighted by Crippen LogP contribution is -2.41. The van der Waals surface area contributed by atoms with Gasteiger partial charge in [-0.1, -0.05) is 48.5 Å². The molecule has 0 radical (unpaired) electrons. The lowest BCUT2D eigenvalue weighted by molar-refractivity contribution is -0.131. The fraction of sp³-hybridized carbons (Fsp3) is 0.125. The Kier molecular flexibility index (Phi) is 4.99. The minimum absolute atomic E-state index is 0.0107. The van der Waals surface area contributed by atoms with Crippen LogP contribution in [-0.2, 0) is 16.9 Å². The largest absolute Gasteiger partial charge is 0.325 e. The molecule has 3 aromatic carbocycles. The first kappa shape index (κ1) is 20.2. The average Bonchev–Trinajstić information content (AvgIpc) is 2.97. The summed E-state index contributed by atoms with van der Waals surface area (Å²) in [5, 5.41) is 11.8. The minimum atomic E-state index is -1.62. The molecule has 0 spiro atoms. The predicted octanol–water partition coefficient (Wildman–Crippen LogP) is 4.47. The van der Waals surface area contributed by atoms with Crippen LogP contribution in [0.15, 0.2) is 66.7 Å². The molecule has 3 amide bonds. The highest BCUT2D eigenvalue weighted by Gasteiger charge is 2.50. The Hall–Kier alpha value is -4.05. The number of carbonyl (C=O) groups excluding carboxylic acids is 2. The zero-order valence-electron chi connectivity index (χ0n) is 16.5. The minimum Gasteiger partial charge on any atom is -0.319 e. The highest BCUT2D eigenvalue weighted by Crippen LogP contribution is 2.32. The van der Waals surface area contributed by atoms with Crippen molar-refractivity contribution >= 4 is 11.9 Å². The van der Waals surface area contributed by atoms with Crippen molar-refractivity contribution in [1.29, 1.82) is 5.26 Å². The van der Waals surface area contributed by atoms with Crippen molar-refractivity contribution in [3.05, 3.63) is 95.1 Å². The Balaban J connectivity index is 1.58. The third kappa shape index (κ3) is 3.53. The summed E-state index contributed by atoms with van der Waals surface area (Å²) in [7, 11) is 0. The second kappa shape index (κ2) is 7.65. The van der Waals surface area contributed by atoms with E-state index in [0.29, 0.717) is 17.2 Å². The number of nitriles is 1. The van der Waals surface area contributed by atoms with E-state index in [1.54, 1.807) is 24.3 Å². The quantitative estimate of drug-likeness (QED) is 0.637. The molecule has 1 heterocycles. The molecule has 3 aromatic rings. The van der Waals surface area contributed by atoms with Crippen molar-refractivity contribution in [2.75, 3.05) is 0 Å². The van der Waals surface area contributed by atoms with E-state index in [0.717, 1.165) is 28.2 Å². The summed E-state index contributed by atoms with van der Waals surface area (Å²) in [6.07, 6.45) is 0. The molecule has 0 saturated carbocycles. The first-order valence-corrected chi connectivity index (χ1v) is 9.51. The summed E-state index contributed by atoms with van der Waals surface area (Å²) < 4.78 is 27.5. The number of imide groups is 1. The molecular formula is C24H17F2N3O2. The maximum absolute atomic E-state index is 14.3. The maximum atomic E-state index is 14.3. The molecule has 1 atom stereocenters. The van der Waals surface area contributed by atoms with Crippen LogP contribution < -0.4 is 5.32 Å². The van der Waals surface area contributed by atoms with Crippen LogP contribution in [0.3, 0.4) is 0 Å².